The molecule has 0 aliphatic carbocycles. The van der Waals surface area contributed by atoms with Crippen molar-refractivity contribution < 1.29 is 14.2 Å². The SMILES string of the molecule is COc1ccc(C(N)COc2cccc(OC)c2)cc1. The summed E-state index contributed by atoms with van der Waals surface area (Å²) < 4.78 is 15.9. The van der Waals surface area contributed by atoms with Crippen LogP contribution in [0.25, 0.3) is 0 Å². The van der Waals surface area contributed by atoms with Crippen LogP contribution in [0.15, 0.2) is 48.5 Å². The monoisotopic (exact) mass is 273 g/mol. The minimum absolute atomic E-state index is 0.188. The summed E-state index contributed by atoms with van der Waals surface area (Å²) in [5, 5.41) is 0. The molecule has 0 spiro atoms. The van der Waals surface area contributed by atoms with E-state index in [1.54, 1.807) is 14.2 Å². The first-order valence-corrected chi connectivity index (χ1v) is 6.39. The van der Waals surface area contributed by atoms with Gasteiger partial charge in [0.25, 0.3) is 0 Å². The van der Waals surface area contributed by atoms with E-state index < -0.39 is 0 Å². The highest BCUT2D eigenvalue weighted by atomic mass is 16.5. The van der Waals surface area contributed by atoms with E-state index in [9.17, 15) is 0 Å². The zero-order chi connectivity index (χ0) is 14.4. The first-order chi connectivity index (χ1) is 9.72. The first-order valence-electron chi connectivity index (χ1n) is 6.39. The van der Waals surface area contributed by atoms with Gasteiger partial charge in [-0.15, -0.1) is 0 Å². The molecule has 0 saturated carbocycles. The molecule has 0 fully saturated rings. The third-order valence-electron chi connectivity index (χ3n) is 3.01. The fourth-order valence-corrected chi connectivity index (χ4v) is 1.82. The number of rotatable bonds is 6. The van der Waals surface area contributed by atoms with Gasteiger partial charge in [0.15, 0.2) is 0 Å². The number of nitrogens with two attached hydrogens (primary N) is 1. The van der Waals surface area contributed by atoms with Crippen LogP contribution in [0.2, 0.25) is 0 Å². The molecule has 20 heavy (non-hydrogen) atoms. The molecule has 2 aromatic rings. The van der Waals surface area contributed by atoms with E-state index in [-0.39, 0.29) is 6.04 Å². The molecule has 0 saturated heterocycles. The minimum atomic E-state index is -0.188. The molecule has 4 heteroatoms. The molecular weight excluding hydrogens is 254 g/mol. The Kier molecular flexibility index (Phi) is 4.85. The van der Waals surface area contributed by atoms with Gasteiger partial charge in [-0.1, -0.05) is 18.2 Å². The predicted molar refractivity (Wildman–Crippen MR) is 78.4 cm³/mol. The molecule has 2 N–H and O–H groups in total. The molecule has 0 heterocycles. The van der Waals surface area contributed by atoms with Crippen molar-refractivity contribution in [3.8, 4) is 17.2 Å². The van der Waals surface area contributed by atoms with Gasteiger partial charge in [0, 0.05) is 6.07 Å². The quantitative estimate of drug-likeness (QED) is 0.879. The third kappa shape index (κ3) is 3.65. The summed E-state index contributed by atoms with van der Waals surface area (Å²) in [6, 6.07) is 14.9. The van der Waals surface area contributed by atoms with Gasteiger partial charge in [0.1, 0.15) is 23.9 Å². The Hall–Kier alpha value is -2.20. The molecule has 2 aromatic carbocycles. The molecule has 0 radical (unpaired) electrons. The number of hydrogen-bond donors (Lipinski definition) is 1. The Morgan fingerprint density at radius 1 is 0.900 bits per heavy atom. The Morgan fingerprint density at radius 3 is 2.20 bits per heavy atom. The highest BCUT2D eigenvalue weighted by Crippen LogP contribution is 2.21. The Morgan fingerprint density at radius 2 is 1.55 bits per heavy atom. The van der Waals surface area contributed by atoms with Crippen LogP contribution in [-0.2, 0) is 0 Å². The smallest absolute Gasteiger partial charge is 0.123 e. The summed E-state index contributed by atoms with van der Waals surface area (Å²) in [6.07, 6.45) is 0. The van der Waals surface area contributed by atoms with E-state index in [0.717, 1.165) is 22.8 Å². The molecule has 0 bridgehead atoms. The van der Waals surface area contributed by atoms with Crippen molar-refractivity contribution in [2.24, 2.45) is 5.73 Å². The Balaban J connectivity index is 1.95. The lowest BCUT2D eigenvalue weighted by Crippen LogP contribution is -2.18. The minimum Gasteiger partial charge on any atom is -0.497 e. The number of benzene rings is 2. The van der Waals surface area contributed by atoms with E-state index >= 15 is 0 Å². The molecular formula is C16H19NO3. The molecule has 1 atom stereocenters. The first kappa shape index (κ1) is 14.2. The summed E-state index contributed by atoms with van der Waals surface area (Å²) in [7, 11) is 3.27. The maximum Gasteiger partial charge on any atom is 0.123 e. The van der Waals surface area contributed by atoms with Crippen LogP contribution in [0.1, 0.15) is 11.6 Å². The molecule has 0 amide bonds. The summed E-state index contributed by atoms with van der Waals surface area (Å²) in [5.41, 5.74) is 7.12. The highest BCUT2D eigenvalue weighted by Gasteiger charge is 2.07. The van der Waals surface area contributed by atoms with Gasteiger partial charge in [0.2, 0.25) is 0 Å². The van der Waals surface area contributed by atoms with Crippen molar-refractivity contribution in [1.82, 2.24) is 0 Å². The fourth-order valence-electron chi connectivity index (χ4n) is 1.82. The van der Waals surface area contributed by atoms with E-state index in [1.165, 1.54) is 0 Å². The van der Waals surface area contributed by atoms with Crippen LogP contribution < -0.4 is 19.9 Å². The predicted octanol–water partition coefficient (Wildman–Crippen LogP) is 2.78. The van der Waals surface area contributed by atoms with Gasteiger partial charge in [-0.2, -0.15) is 0 Å². The van der Waals surface area contributed by atoms with Gasteiger partial charge in [-0.3, -0.25) is 0 Å². The van der Waals surface area contributed by atoms with Gasteiger partial charge < -0.3 is 19.9 Å². The lowest BCUT2D eigenvalue weighted by atomic mass is 10.1. The van der Waals surface area contributed by atoms with Crippen LogP contribution >= 0.6 is 0 Å². The van der Waals surface area contributed by atoms with Crippen molar-refractivity contribution in [1.29, 1.82) is 0 Å². The molecule has 2 rings (SSSR count). The average molecular weight is 273 g/mol. The molecule has 4 nitrogen and oxygen atoms in total. The van der Waals surface area contributed by atoms with Crippen molar-refractivity contribution in [2.45, 2.75) is 6.04 Å². The summed E-state index contributed by atoms with van der Waals surface area (Å²) in [5.74, 6) is 2.32. The molecule has 106 valence electrons. The number of methoxy groups -OCH3 is 2. The zero-order valence-electron chi connectivity index (χ0n) is 11.7. The normalized spacial score (nSPS) is 11.8. The molecule has 1 unspecified atom stereocenters. The second kappa shape index (κ2) is 6.82. The summed E-state index contributed by atoms with van der Waals surface area (Å²) in [6.45, 7) is 0.402. The van der Waals surface area contributed by atoms with E-state index in [0.29, 0.717) is 6.61 Å². The largest absolute Gasteiger partial charge is 0.497 e. The van der Waals surface area contributed by atoms with E-state index in [1.807, 2.05) is 48.5 Å². The fraction of sp³-hybridized carbons (Fsp3) is 0.250. The molecule has 0 aliphatic heterocycles. The average Bonchev–Trinajstić information content (AvgIpc) is 2.53. The molecule has 0 aromatic heterocycles. The van der Waals surface area contributed by atoms with Crippen LogP contribution in [0.3, 0.4) is 0 Å². The second-order valence-corrected chi connectivity index (χ2v) is 4.37. The lowest BCUT2D eigenvalue weighted by Gasteiger charge is -2.14. The van der Waals surface area contributed by atoms with Crippen molar-refractivity contribution >= 4 is 0 Å². The Bertz CT molecular complexity index is 540. The summed E-state index contributed by atoms with van der Waals surface area (Å²) in [4.78, 5) is 0. The van der Waals surface area contributed by atoms with Gasteiger partial charge >= 0.3 is 0 Å². The van der Waals surface area contributed by atoms with Gasteiger partial charge in [0.05, 0.1) is 20.3 Å². The molecule has 0 aliphatic rings. The van der Waals surface area contributed by atoms with Crippen molar-refractivity contribution in [3.05, 3.63) is 54.1 Å². The van der Waals surface area contributed by atoms with Crippen LogP contribution in [0.5, 0.6) is 17.2 Å². The topological polar surface area (TPSA) is 53.7 Å². The van der Waals surface area contributed by atoms with Gasteiger partial charge in [-0.05, 0) is 29.8 Å². The second-order valence-electron chi connectivity index (χ2n) is 4.37. The third-order valence-corrected chi connectivity index (χ3v) is 3.01. The van der Waals surface area contributed by atoms with Crippen LogP contribution in [0, 0.1) is 0 Å². The Labute approximate surface area is 119 Å². The van der Waals surface area contributed by atoms with Crippen molar-refractivity contribution in [2.75, 3.05) is 20.8 Å². The highest BCUT2D eigenvalue weighted by molar-refractivity contribution is 5.33. The van der Waals surface area contributed by atoms with Crippen LogP contribution in [-0.4, -0.2) is 20.8 Å². The van der Waals surface area contributed by atoms with E-state index in [4.69, 9.17) is 19.9 Å². The van der Waals surface area contributed by atoms with E-state index in [2.05, 4.69) is 0 Å². The maximum atomic E-state index is 6.11. The standard InChI is InChI=1S/C16H19NO3/c1-18-13-8-6-12(7-9-13)16(17)11-20-15-5-3-4-14(10-15)19-2/h3-10,16H,11,17H2,1-2H3. The number of hydrogen-bond acceptors (Lipinski definition) is 4. The van der Waals surface area contributed by atoms with Gasteiger partial charge in [-0.25, -0.2) is 0 Å². The zero-order valence-corrected chi connectivity index (χ0v) is 11.7. The maximum absolute atomic E-state index is 6.11. The van der Waals surface area contributed by atoms with Crippen molar-refractivity contribution in [3.63, 3.8) is 0 Å². The van der Waals surface area contributed by atoms with Crippen LogP contribution in [0.4, 0.5) is 0 Å². The summed E-state index contributed by atoms with van der Waals surface area (Å²) >= 11 is 0. The lowest BCUT2D eigenvalue weighted by molar-refractivity contribution is 0.288. The number of ether oxygens (including phenoxy) is 3.